The van der Waals surface area contributed by atoms with Crippen molar-refractivity contribution in [1.29, 1.82) is 0 Å². The molecule has 1 rings (SSSR count). The molecule has 1 heterocycles. The molecular formula is C43H81NO12S. The van der Waals surface area contributed by atoms with Crippen LogP contribution in [0.15, 0.2) is 24.3 Å². The summed E-state index contributed by atoms with van der Waals surface area (Å²) in [5, 5.41) is 54.8. The van der Waals surface area contributed by atoms with Crippen LogP contribution in [0.1, 0.15) is 181 Å². The number of carbonyl (C=O) groups excluding carboxylic acids is 1. The summed E-state index contributed by atoms with van der Waals surface area (Å²) in [5.74, 6) is -0.711. The molecular weight excluding hydrogens is 755 g/mol. The van der Waals surface area contributed by atoms with Crippen molar-refractivity contribution in [3.8, 4) is 0 Å². The van der Waals surface area contributed by atoms with E-state index in [4.69, 9.17) is 14.0 Å². The van der Waals surface area contributed by atoms with Crippen LogP contribution in [0.5, 0.6) is 0 Å². The smallest absolute Gasteiger partial charge is 0.394 e. The summed E-state index contributed by atoms with van der Waals surface area (Å²) in [6.07, 6.45) is 26.0. The van der Waals surface area contributed by atoms with Crippen molar-refractivity contribution in [2.24, 2.45) is 0 Å². The number of amides is 1. The van der Waals surface area contributed by atoms with Crippen LogP contribution < -0.4 is 5.32 Å². The minimum atomic E-state index is -5.11. The second-order valence-electron chi connectivity index (χ2n) is 15.8. The lowest BCUT2D eigenvalue weighted by Gasteiger charge is -2.41. The molecule has 0 saturated carbocycles. The maximum Gasteiger partial charge on any atom is 0.397 e. The Kier molecular flexibility index (Phi) is 32.2. The lowest BCUT2D eigenvalue weighted by Crippen LogP contribution is -2.61. The summed E-state index contributed by atoms with van der Waals surface area (Å²) in [6.45, 7) is 3.13. The molecule has 336 valence electrons. The molecule has 0 aromatic rings. The molecule has 57 heavy (non-hydrogen) atoms. The van der Waals surface area contributed by atoms with E-state index in [2.05, 4.69) is 35.5 Å². The van der Waals surface area contributed by atoms with Crippen LogP contribution >= 0.6 is 0 Å². The summed E-state index contributed by atoms with van der Waals surface area (Å²) in [4.78, 5) is 13.0. The lowest BCUT2D eigenvalue weighted by atomic mass is 9.99. The summed E-state index contributed by atoms with van der Waals surface area (Å²) in [6, 6.07) is -1.12. The monoisotopic (exact) mass is 836 g/mol. The van der Waals surface area contributed by atoms with Gasteiger partial charge in [-0.15, -0.1) is 0 Å². The number of nitrogens with one attached hydrogen (secondary N) is 1. The Labute approximate surface area is 345 Å². The number of ether oxygens (including phenoxy) is 2. The predicted molar refractivity (Wildman–Crippen MR) is 224 cm³/mol. The number of carbonyl (C=O) groups is 1. The summed E-state index contributed by atoms with van der Waals surface area (Å²) < 4.78 is 47.2. The highest BCUT2D eigenvalue weighted by molar-refractivity contribution is 7.80. The largest absolute Gasteiger partial charge is 0.397 e. The highest BCUT2D eigenvalue weighted by atomic mass is 32.3. The first-order chi connectivity index (χ1) is 27.4. The number of aliphatic hydroxyl groups excluding tert-OH is 5. The molecule has 1 aliphatic rings. The molecule has 1 aliphatic heterocycles. The third-order valence-corrected chi connectivity index (χ3v) is 11.0. The van der Waals surface area contributed by atoms with Crippen molar-refractivity contribution in [3.05, 3.63) is 24.3 Å². The van der Waals surface area contributed by atoms with E-state index < -0.39 is 78.5 Å². The van der Waals surface area contributed by atoms with Gasteiger partial charge in [0.05, 0.1) is 25.4 Å². The molecule has 8 atom stereocenters. The summed E-state index contributed by atoms with van der Waals surface area (Å²) >= 11 is 0. The van der Waals surface area contributed by atoms with Gasteiger partial charge in [0.2, 0.25) is 5.91 Å². The topological polar surface area (TPSA) is 212 Å². The van der Waals surface area contributed by atoms with Crippen molar-refractivity contribution in [3.63, 3.8) is 0 Å². The number of hydrogen-bond acceptors (Lipinski definition) is 11. The van der Waals surface area contributed by atoms with Gasteiger partial charge in [-0.3, -0.25) is 9.35 Å². The molecule has 13 nitrogen and oxygen atoms in total. The van der Waals surface area contributed by atoms with Gasteiger partial charge in [-0.2, -0.15) is 8.42 Å². The zero-order chi connectivity index (χ0) is 42.2. The first kappa shape index (κ1) is 53.6. The van der Waals surface area contributed by atoms with E-state index in [-0.39, 0.29) is 6.42 Å². The fourth-order valence-corrected chi connectivity index (χ4v) is 7.49. The average molecular weight is 836 g/mol. The maximum atomic E-state index is 13.0. The standard InChI is InChI=1S/C43H81NO12S/c1-3-5-7-9-11-12-13-14-15-16-17-18-19-20-21-22-23-24-26-28-30-32-37(47)42(50)44-35(36(46)31-29-27-25-10-8-6-4-2)34-54-43-40(49)41(56-57(51,52)53)39(48)38(33-45)55-43/h19-20,29,31,35-41,43,45-49H,3-18,21-28,30,32-34H2,1-2H3,(H,44,50)(H,51,52,53)/b20-19-,31-29+. The summed E-state index contributed by atoms with van der Waals surface area (Å²) in [7, 11) is -5.11. The Hall–Kier alpha value is -1.46. The average Bonchev–Trinajstić information content (AvgIpc) is 3.18. The van der Waals surface area contributed by atoms with E-state index in [1.54, 1.807) is 6.08 Å². The molecule has 7 N–H and O–H groups in total. The Morgan fingerprint density at radius 2 is 1.16 bits per heavy atom. The van der Waals surface area contributed by atoms with Crippen molar-refractivity contribution >= 4 is 16.3 Å². The van der Waals surface area contributed by atoms with E-state index in [0.29, 0.717) is 12.8 Å². The number of hydrogen-bond donors (Lipinski definition) is 7. The molecule has 1 saturated heterocycles. The third kappa shape index (κ3) is 27.1. The Bertz CT molecular complexity index is 1140. The highest BCUT2D eigenvalue weighted by Gasteiger charge is 2.48. The number of aliphatic hydroxyl groups is 5. The van der Waals surface area contributed by atoms with E-state index in [1.807, 2.05) is 0 Å². The molecule has 8 unspecified atom stereocenters. The summed E-state index contributed by atoms with van der Waals surface area (Å²) in [5.41, 5.74) is 0. The molecule has 0 aromatic carbocycles. The Morgan fingerprint density at radius 3 is 1.63 bits per heavy atom. The molecule has 0 radical (unpaired) electrons. The SMILES string of the molecule is CCCCCCC/C=C/C(O)C(COC1OC(CO)C(O)C(OS(=O)(=O)O)C1O)NC(=O)C(O)CCCCCCCC/C=C\CCCCCCCCCCCCC. The predicted octanol–water partition coefficient (Wildman–Crippen LogP) is 7.13. The van der Waals surface area contributed by atoms with Gasteiger partial charge in [0.15, 0.2) is 6.29 Å². The van der Waals surface area contributed by atoms with Crippen LogP contribution in [0.3, 0.4) is 0 Å². The zero-order valence-corrected chi connectivity index (χ0v) is 36.1. The number of rotatable bonds is 37. The van der Waals surface area contributed by atoms with Gasteiger partial charge in [-0.25, -0.2) is 4.18 Å². The van der Waals surface area contributed by atoms with Crippen molar-refractivity contribution in [1.82, 2.24) is 5.32 Å². The molecule has 0 aliphatic carbocycles. The Balaban J connectivity index is 2.45. The van der Waals surface area contributed by atoms with Gasteiger partial charge in [-0.05, 0) is 44.9 Å². The van der Waals surface area contributed by atoms with E-state index in [9.17, 15) is 38.7 Å². The van der Waals surface area contributed by atoms with Crippen LogP contribution in [0.4, 0.5) is 0 Å². The van der Waals surface area contributed by atoms with Crippen LogP contribution in [0, 0.1) is 0 Å². The number of unbranched alkanes of at least 4 members (excludes halogenated alkanes) is 22. The van der Waals surface area contributed by atoms with Crippen LogP contribution in [0.2, 0.25) is 0 Å². The molecule has 0 aromatic heterocycles. The quantitative estimate of drug-likeness (QED) is 0.0189. The van der Waals surface area contributed by atoms with Crippen LogP contribution in [-0.2, 0) is 28.9 Å². The van der Waals surface area contributed by atoms with Crippen molar-refractivity contribution in [2.45, 2.75) is 230 Å². The second-order valence-corrected chi connectivity index (χ2v) is 16.8. The van der Waals surface area contributed by atoms with Crippen molar-refractivity contribution < 1.29 is 57.0 Å². The van der Waals surface area contributed by atoms with Gasteiger partial charge in [0.25, 0.3) is 0 Å². The molecule has 0 spiro atoms. The maximum absolute atomic E-state index is 13.0. The first-order valence-electron chi connectivity index (χ1n) is 22.3. The van der Waals surface area contributed by atoms with Gasteiger partial charge in [-0.1, -0.05) is 160 Å². The highest BCUT2D eigenvalue weighted by Crippen LogP contribution is 2.26. The van der Waals surface area contributed by atoms with E-state index >= 15 is 0 Å². The minimum absolute atomic E-state index is 0.236. The van der Waals surface area contributed by atoms with Gasteiger partial charge >= 0.3 is 10.4 Å². The third-order valence-electron chi connectivity index (χ3n) is 10.6. The first-order valence-corrected chi connectivity index (χ1v) is 23.7. The van der Waals surface area contributed by atoms with E-state index in [0.717, 1.165) is 70.6 Å². The fourth-order valence-electron chi connectivity index (χ4n) is 6.98. The van der Waals surface area contributed by atoms with Gasteiger partial charge < -0.3 is 40.3 Å². The van der Waals surface area contributed by atoms with Gasteiger partial charge in [0, 0.05) is 0 Å². The van der Waals surface area contributed by atoms with Crippen LogP contribution in [-0.4, -0.2) is 107 Å². The van der Waals surface area contributed by atoms with Crippen molar-refractivity contribution in [2.75, 3.05) is 13.2 Å². The van der Waals surface area contributed by atoms with Crippen LogP contribution in [0.25, 0.3) is 0 Å². The van der Waals surface area contributed by atoms with E-state index in [1.165, 1.54) is 83.1 Å². The molecule has 1 fully saturated rings. The second kappa shape index (κ2) is 34.3. The number of allylic oxidation sites excluding steroid dienone is 3. The molecule has 1 amide bonds. The zero-order valence-electron chi connectivity index (χ0n) is 35.3. The normalized spacial score (nSPS) is 22.0. The lowest BCUT2D eigenvalue weighted by molar-refractivity contribution is -0.298. The fraction of sp³-hybridized carbons (Fsp3) is 0.884. The minimum Gasteiger partial charge on any atom is -0.394 e. The molecule has 0 bridgehead atoms. The molecule has 14 heteroatoms. The van der Waals surface area contributed by atoms with Gasteiger partial charge in [0.1, 0.15) is 30.5 Å². The Morgan fingerprint density at radius 1 is 0.702 bits per heavy atom.